The number of benzene rings is 2. The molecule has 0 saturated heterocycles. The molecule has 0 fully saturated rings. The molecule has 3 rings (SSSR count). The second-order valence-electron chi connectivity index (χ2n) is 5.64. The van der Waals surface area contributed by atoms with Gasteiger partial charge in [0.25, 0.3) is 11.6 Å². The van der Waals surface area contributed by atoms with Crippen LogP contribution in [0, 0.1) is 15.9 Å². The fourth-order valence-electron chi connectivity index (χ4n) is 2.17. The molecular weight excluding hydrogens is 467 g/mol. The zero-order chi connectivity index (χ0) is 21.7. The second kappa shape index (κ2) is 9.09. The standard InChI is InChI=1S/C17H12BrFN6O5/c18-12-7-9(1-6-13(12)19)21-16(20)15-17(24-30-23-15)22-14(26)8-29-11-4-2-10(3-5-11)25(27)28/h1-7H,8H2,(H2,20,21)(H,22,24,26). The number of amides is 1. The number of non-ortho nitro benzene ring substituents is 1. The molecule has 0 aliphatic rings. The summed E-state index contributed by atoms with van der Waals surface area (Å²) in [6.45, 7) is -0.411. The zero-order valence-electron chi connectivity index (χ0n) is 14.9. The molecule has 1 heterocycles. The molecule has 3 N–H and O–H groups in total. The van der Waals surface area contributed by atoms with E-state index in [9.17, 15) is 19.3 Å². The first kappa shape index (κ1) is 20.9. The molecule has 0 bridgehead atoms. The Morgan fingerprint density at radius 3 is 2.70 bits per heavy atom. The van der Waals surface area contributed by atoms with Gasteiger partial charge in [0.05, 0.1) is 15.1 Å². The summed E-state index contributed by atoms with van der Waals surface area (Å²) in [4.78, 5) is 26.3. The average molecular weight is 479 g/mol. The number of anilines is 1. The molecule has 0 atom stereocenters. The van der Waals surface area contributed by atoms with Crippen molar-refractivity contribution in [2.24, 2.45) is 10.7 Å². The van der Waals surface area contributed by atoms with Gasteiger partial charge in [0.2, 0.25) is 5.82 Å². The molecule has 1 aromatic heterocycles. The van der Waals surface area contributed by atoms with Gasteiger partial charge in [-0.3, -0.25) is 14.9 Å². The van der Waals surface area contributed by atoms with Crippen molar-refractivity contribution >= 4 is 44.9 Å². The number of carbonyl (C=O) groups excluding carboxylic acids is 1. The summed E-state index contributed by atoms with van der Waals surface area (Å²) in [7, 11) is 0. The third kappa shape index (κ3) is 5.14. The molecule has 0 unspecified atom stereocenters. The van der Waals surface area contributed by atoms with Gasteiger partial charge >= 0.3 is 0 Å². The van der Waals surface area contributed by atoms with Crippen molar-refractivity contribution < 1.29 is 23.5 Å². The van der Waals surface area contributed by atoms with Gasteiger partial charge in [-0.1, -0.05) is 0 Å². The second-order valence-corrected chi connectivity index (χ2v) is 6.50. The van der Waals surface area contributed by atoms with E-state index >= 15 is 0 Å². The summed E-state index contributed by atoms with van der Waals surface area (Å²) in [5.41, 5.74) is 6.08. The van der Waals surface area contributed by atoms with Crippen LogP contribution < -0.4 is 15.8 Å². The number of hydrogen-bond donors (Lipinski definition) is 2. The minimum Gasteiger partial charge on any atom is -0.484 e. The summed E-state index contributed by atoms with van der Waals surface area (Å²) in [5.74, 6) is -1.02. The van der Waals surface area contributed by atoms with E-state index in [1.807, 2.05) is 0 Å². The van der Waals surface area contributed by atoms with Crippen LogP contribution in [-0.2, 0) is 4.79 Å². The maximum absolute atomic E-state index is 13.3. The van der Waals surface area contributed by atoms with Gasteiger partial charge in [-0.2, -0.15) is 0 Å². The SMILES string of the molecule is NC(=Nc1ccc(F)c(Br)c1)c1nonc1NC(=O)COc1ccc([N+](=O)[O-])cc1. The smallest absolute Gasteiger partial charge is 0.269 e. The van der Waals surface area contributed by atoms with Crippen LogP contribution in [0.3, 0.4) is 0 Å². The average Bonchev–Trinajstić information content (AvgIpc) is 3.17. The summed E-state index contributed by atoms with van der Waals surface area (Å²) >= 11 is 3.04. The number of nitrogens with zero attached hydrogens (tertiary/aromatic N) is 4. The molecule has 11 nitrogen and oxygen atoms in total. The normalized spacial score (nSPS) is 11.2. The van der Waals surface area contributed by atoms with E-state index in [-0.39, 0.29) is 33.3 Å². The van der Waals surface area contributed by atoms with Crippen LogP contribution in [0.15, 0.2) is 56.6 Å². The van der Waals surface area contributed by atoms with Crippen molar-refractivity contribution in [1.29, 1.82) is 0 Å². The van der Waals surface area contributed by atoms with Crippen molar-refractivity contribution in [2.75, 3.05) is 11.9 Å². The minimum atomic E-state index is -0.609. The number of rotatable bonds is 7. The lowest BCUT2D eigenvalue weighted by atomic mass is 10.3. The molecule has 0 radical (unpaired) electrons. The lowest BCUT2D eigenvalue weighted by Crippen LogP contribution is -2.23. The van der Waals surface area contributed by atoms with Crippen molar-refractivity contribution in [1.82, 2.24) is 10.3 Å². The Balaban J connectivity index is 1.64. The predicted octanol–water partition coefficient (Wildman–Crippen LogP) is 2.93. The predicted molar refractivity (Wildman–Crippen MR) is 106 cm³/mol. The highest BCUT2D eigenvalue weighted by molar-refractivity contribution is 9.10. The van der Waals surface area contributed by atoms with Gasteiger partial charge in [0.1, 0.15) is 11.6 Å². The first-order valence-electron chi connectivity index (χ1n) is 8.12. The number of amidine groups is 1. The van der Waals surface area contributed by atoms with Crippen molar-refractivity contribution in [3.8, 4) is 5.75 Å². The summed E-state index contributed by atoms with van der Waals surface area (Å²) < 4.78 is 23.4. The first-order valence-corrected chi connectivity index (χ1v) is 8.92. The molecule has 13 heteroatoms. The Kier molecular flexibility index (Phi) is 6.32. The van der Waals surface area contributed by atoms with Crippen LogP contribution in [0.4, 0.5) is 21.6 Å². The van der Waals surface area contributed by atoms with Gasteiger partial charge in [0, 0.05) is 12.1 Å². The fraction of sp³-hybridized carbons (Fsp3) is 0.0588. The monoisotopic (exact) mass is 478 g/mol. The Morgan fingerprint density at radius 1 is 1.30 bits per heavy atom. The molecule has 3 aromatic rings. The van der Waals surface area contributed by atoms with E-state index in [1.54, 1.807) is 0 Å². The quantitative estimate of drug-likeness (QED) is 0.227. The molecular formula is C17H12BrFN6O5. The molecule has 0 saturated carbocycles. The number of nitro groups is 1. The molecule has 154 valence electrons. The van der Waals surface area contributed by atoms with Gasteiger partial charge in [0.15, 0.2) is 18.1 Å². The van der Waals surface area contributed by atoms with E-state index in [0.717, 1.165) is 0 Å². The number of halogens is 2. The summed E-state index contributed by atoms with van der Waals surface area (Å²) in [5, 5.41) is 20.2. The van der Waals surface area contributed by atoms with Crippen LogP contribution in [-0.4, -0.2) is 33.6 Å². The lowest BCUT2D eigenvalue weighted by molar-refractivity contribution is -0.384. The number of nitrogens with one attached hydrogen (secondary N) is 1. The Hall–Kier alpha value is -3.87. The summed E-state index contributed by atoms with van der Waals surface area (Å²) in [6, 6.07) is 9.23. The number of nitrogens with two attached hydrogens (primary N) is 1. The fourth-order valence-corrected chi connectivity index (χ4v) is 2.53. The van der Waals surface area contributed by atoms with Crippen molar-refractivity contribution in [3.05, 3.63) is 68.6 Å². The Morgan fingerprint density at radius 2 is 2.03 bits per heavy atom. The topological polar surface area (TPSA) is 159 Å². The largest absolute Gasteiger partial charge is 0.484 e. The van der Waals surface area contributed by atoms with Gasteiger partial charge in [-0.05, 0) is 56.6 Å². The third-order valence-electron chi connectivity index (χ3n) is 3.56. The summed E-state index contributed by atoms with van der Waals surface area (Å²) in [6.07, 6.45) is 0. The van der Waals surface area contributed by atoms with Crippen LogP contribution in [0.1, 0.15) is 5.69 Å². The van der Waals surface area contributed by atoms with E-state index in [2.05, 4.69) is 41.2 Å². The maximum Gasteiger partial charge on any atom is 0.269 e. The highest BCUT2D eigenvalue weighted by Crippen LogP contribution is 2.23. The highest BCUT2D eigenvalue weighted by Gasteiger charge is 2.17. The van der Waals surface area contributed by atoms with Crippen LogP contribution in [0.5, 0.6) is 5.75 Å². The number of ether oxygens (including phenoxy) is 1. The number of nitro benzene ring substituents is 1. The van der Waals surface area contributed by atoms with Gasteiger partial charge < -0.3 is 15.8 Å². The molecule has 1 amide bonds. The lowest BCUT2D eigenvalue weighted by Gasteiger charge is -2.06. The number of aliphatic imine (C=N–C) groups is 1. The van der Waals surface area contributed by atoms with Crippen LogP contribution in [0.2, 0.25) is 0 Å². The van der Waals surface area contributed by atoms with E-state index in [4.69, 9.17) is 10.5 Å². The van der Waals surface area contributed by atoms with E-state index in [1.165, 1.54) is 42.5 Å². The number of aromatic nitrogens is 2. The Bertz CT molecular complexity index is 1120. The molecule has 0 aliphatic heterocycles. The van der Waals surface area contributed by atoms with Gasteiger partial charge in [-0.15, -0.1) is 0 Å². The molecule has 30 heavy (non-hydrogen) atoms. The van der Waals surface area contributed by atoms with E-state index in [0.29, 0.717) is 5.69 Å². The van der Waals surface area contributed by atoms with Crippen molar-refractivity contribution in [3.63, 3.8) is 0 Å². The zero-order valence-corrected chi connectivity index (χ0v) is 16.5. The number of hydrogen-bond acceptors (Lipinski definition) is 8. The van der Waals surface area contributed by atoms with Crippen molar-refractivity contribution in [2.45, 2.75) is 0 Å². The maximum atomic E-state index is 13.3. The molecule has 0 spiro atoms. The minimum absolute atomic E-state index is 0.0286. The highest BCUT2D eigenvalue weighted by atomic mass is 79.9. The molecule has 0 aliphatic carbocycles. The Labute approximate surface area is 176 Å². The van der Waals surface area contributed by atoms with E-state index < -0.39 is 23.3 Å². The van der Waals surface area contributed by atoms with Crippen LogP contribution in [0.25, 0.3) is 0 Å². The third-order valence-corrected chi connectivity index (χ3v) is 4.17. The first-order chi connectivity index (χ1) is 14.3. The number of carbonyl (C=O) groups is 1. The van der Waals surface area contributed by atoms with Crippen LogP contribution >= 0.6 is 15.9 Å². The molecule has 2 aromatic carbocycles. The van der Waals surface area contributed by atoms with Gasteiger partial charge in [-0.25, -0.2) is 14.0 Å².